The number of nitrogens with zero attached hydrogens (tertiary/aromatic N) is 2. The molecular weight excluding hydrogens is 1540 g/mol. The van der Waals surface area contributed by atoms with E-state index in [2.05, 4.69) is 438 Å². The van der Waals surface area contributed by atoms with Crippen LogP contribution in [0.1, 0.15) is 49.9 Å². The first-order valence-corrected chi connectivity index (χ1v) is 44.0. The molecule has 5 nitrogen and oxygen atoms in total. The SMILES string of the molecule is CC1(C)c2cc(-c3ccccc3)ccc2-c2ccc(N(c3ccc4c(c3)C(C)(C)c3cc(-c5ccccc5)ccc3-4)c3ccc(-c4ccc(-c5cccc(-c6ccc(-c7ccc(N(c8ccc(-c9cccc%10c9oc9ccccc9%10)cc8)c8ccc(-c9cccc%10c9oc9ccccc9%10)cc8)c8ccccc78)cc6)c5)c5c4oc4ccccc45)c4ccccc34)cc21. The van der Waals surface area contributed by atoms with Gasteiger partial charge in [0.15, 0.2) is 0 Å². The van der Waals surface area contributed by atoms with Crippen molar-refractivity contribution >= 4 is 121 Å². The number of benzene rings is 20. The predicted molar refractivity (Wildman–Crippen MR) is 531 cm³/mol. The standard InChI is InChI=1S/C122H82N2O3/c1-121(2)108-71-82(75-24-7-5-8-25-75)52-60-96(108)98-62-58-87(73-110(98)121)124(88-59-63-99-97-61-53-83(76-26-9-6-10-27-76)72-109(97)122(3,4)111(99)74-88)113-69-67-95(94-31-12-14-33-101(94)113)106-65-64-90(117-107-36-17-20-43-116(107)127-120(106)117)84-29-21-28-81(70-84)77-44-46-78(47-45-77)89-66-68-112(100-32-13-11-30-93(89)100)123(85-54-48-79(49-55-85)91-37-22-39-104-102-34-15-18-41-114(102)125-118(91)104)86-56-50-80(51-57-86)92-38-23-40-105-103-35-16-19-42-115(103)126-119(92)105/h5-74H,1-4H3. The molecule has 0 bridgehead atoms. The van der Waals surface area contributed by atoms with Crippen molar-refractivity contribution in [1.82, 2.24) is 0 Å². The summed E-state index contributed by atoms with van der Waals surface area (Å²) in [5.41, 5.74) is 39.6. The van der Waals surface area contributed by atoms with Crippen LogP contribution >= 0.6 is 0 Å². The lowest BCUT2D eigenvalue weighted by Gasteiger charge is -2.31. The van der Waals surface area contributed by atoms with Crippen molar-refractivity contribution in [2.45, 2.75) is 38.5 Å². The molecule has 3 aromatic heterocycles. The molecular formula is C122H82N2O3. The molecule has 0 aliphatic heterocycles. The third-order valence-electron chi connectivity index (χ3n) is 27.5. The zero-order valence-electron chi connectivity index (χ0n) is 70.5. The third kappa shape index (κ3) is 11.8. The zero-order chi connectivity index (χ0) is 84.3. The maximum atomic E-state index is 7.23. The highest BCUT2D eigenvalue weighted by Gasteiger charge is 2.39. The molecule has 3 heterocycles. The molecule has 2 aliphatic carbocycles. The summed E-state index contributed by atoms with van der Waals surface area (Å²) in [6.45, 7) is 9.61. The monoisotopic (exact) mass is 1620 g/mol. The first kappa shape index (κ1) is 73.6. The second kappa shape index (κ2) is 28.8. The minimum Gasteiger partial charge on any atom is -0.455 e. The van der Waals surface area contributed by atoms with Gasteiger partial charge in [0.1, 0.15) is 33.5 Å². The molecule has 0 spiro atoms. The van der Waals surface area contributed by atoms with E-state index in [1.54, 1.807) is 0 Å². The molecule has 2 aliphatic rings. The number of furan rings is 3. The summed E-state index contributed by atoms with van der Waals surface area (Å²) in [7, 11) is 0. The van der Waals surface area contributed by atoms with E-state index in [1.165, 1.54) is 66.8 Å². The Bertz CT molecular complexity index is 8130. The molecule has 0 saturated carbocycles. The second-order valence-corrected chi connectivity index (χ2v) is 35.3. The van der Waals surface area contributed by atoms with E-state index in [0.29, 0.717) is 0 Å². The van der Waals surface area contributed by atoms with E-state index in [4.69, 9.17) is 13.3 Å². The molecule has 5 heteroatoms. The Labute approximate surface area is 736 Å². The lowest BCUT2D eigenvalue weighted by atomic mass is 9.81. The van der Waals surface area contributed by atoms with Crippen LogP contribution in [0.15, 0.2) is 438 Å². The van der Waals surface area contributed by atoms with Crippen LogP contribution in [0.5, 0.6) is 0 Å². The summed E-state index contributed by atoms with van der Waals surface area (Å²) in [5, 5.41) is 11.2. The zero-order valence-corrected chi connectivity index (χ0v) is 70.5. The number of anilines is 6. The van der Waals surface area contributed by atoms with Gasteiger partial charge in [-0.2, -0.15) is 0 Å². The maximum absolute atomic E-state index is 7.23. The number of hydrogen-bond donors (Lipinski definition) is 0. The highest BCUT2D eigenvalue weighted by molar-refractivity contribution is 6.20. The van der Waals surface area contributed by atoms with Gasteiger partial charge in [0, 0.05) is 93.4 Å². The molecule has 598 valence electrons. The van der Waals surface area contributed by atoms with Gasteiger partial charge in [0.25, 0.3) is 0 Å². The van der Waals surface area contributed by atoms with E-state index in [0.717, 1.165) is 188 Å². The number of fused-ring (bicyclic) bond motifs is 17. The third-order valence-corrected chi connectivity index (χ3v) is 27.5. The van der Waals surface area contributed by atoms with Crippen LogP contribution in [0.2, 0.25) is 0 Å². The fourth-order valence-corrected chi connectivity index (χ4v) is 21.2. The van der Waals surface area contributed by atoms with Crippen molar-refractivity contribution in [3.63, 3.8) is 0 Å². The quantitative estimate of drug-likeness (QED) is 0.109. The van der Waals surface area contributed by atoms with E-state index in [-0.39, 0.29) is 10.8 Å². The van der Waals surface area contributed by atoms with Crippen LogP contribution < -0.4 is 9.80 Å². The smallest absolute Gasteiger partial charge is 0.143 e. The number of hydrogen-bond acceptors (Lipinski definition) is 5. The van der Waals surface area contributed by atoms with Crippen LogP contribution in [0.3, 0.4) is 0 Å². The average molecular weight is 1620 g/mol. The molecule has 0 unspecified atom stereocenters. The Balaban J connectivity index is 0.565. The molecule has 0 fully saturated rings. The summed E-state index contributed by atoms with van der Waals surface area (Å²) in [6.07, 6.45) is 0. The Morgan fingerprint density at radius 3 is 1.01 bits per heavy atom. The minimum atomic E-state index is -0.282. The molecule has 23 aromatic rings. The molecule has 127 heavy (non-hydrogen) atoms. The number of rotatable bonds is 14. The van der Waals surface area contributed by atoms with Gasteiger partial charge in [0.05, 0.1) is 11.4 Å². The van der Waals surface area contributed by atoms with Crippen LogP contribution in [0.4, 0.5) is 34.1 Å². The van der Waals surface area contributed by atoms with Crippen molar-refractivity contribution in [3.05, 3.63) is 447 Å². The Hall–Kier alpha value is -16.1. The topological polar surface area (TPSA) is 45.9 Å². The van der Waals surface area contributed by atoms with E-state index in [1.807, 2.05) is 24.3 Å². The molecule has 0 atom stereocenters. The van der Waals surface area contributed by atoms with E-state index >= 15 is 0 Å². The van der Waals surface area contributed by atoms with Gasteiger partial charge in [-0.1, -0.05) is 349 Å². The van der Waals surface area contributed by atoms with Crippen LogP contribution in [-0.4, -0.2) is 0 Å². The molecule has 20 aromatic carbocycles. The summed E-state index contributed by atoms with van der Waals surface area (Å²) in [6, 6.07) is 156. The summed E-state index contributed by atoms with van der Waals surface area (Å²) in [4.78, 5) is 4.93. The van der Waals surface area contributed by atoms with Crippen LogP contribution in [-0.2, 0) is 10.8 Å². The van der Waals surface area contributed by atoms with E-state index in [9.17, 15) is 0 Å². The molecule has 0 radical (unpaired) electrons. The lowest BCUT2D eigenvalue weighted by Crippen LogP contribution is -2.18. The summed E-state index contributed by atoms with van der Waals surface area (Å²) >= 11 is 0. The summed E-state index contributed by atoms with van der Waals surface area (Å²) in [5.74, 6) is 0. The fourth-order valence-electron chi connectivity index (χ4n) is 21.2. The average Bonchev–Trinajstić information content (AvgIpc) is 1.46. The molecule has 0 amide bonds. The van der Waals surface area contributed by atoms with E-state index < -0.39 is 0 Å². The van der Waals surface area contributed by atoms with Gasteiger partial charge in [-0.05, 0) is 231 Å². The van der Waals surface area contributed by atoms with Crippen molar-refractivity contribution in [1.29, 1.82) is 0 Å². The van der Waals surface area contributed by atoms with Crippen LogP contribution in [0, 0.1) is 0 Å². The first-order chi connectivity index (χ1) is 62.5. The fraction of sp³-hybridized carbons (Fsp3) is 0.0492. The van der Waals surface area contributed by atoms with Gasteiger partial charge < -0.3 is 23.1 Å². The highest BCUT2D eigenvalue weighted by Crippen LogP contribution is 2.57. The first-order valence-electron chi connectivity index (χ1n) is 44.0. The Morgan fingerprint density at radius 2 is 0.488 bits per heavy atom. The van der Waals surface area contributed by atoms with Gasteiger partial charge in [-0.25, -0.2) is 0 Å². The molecule has 0 N–H and O–H groups in total. The number of para-hydroxylation sites is 5. The van der Waals surface area contributed by atoms with Crippen LogP contribution in [0.25, 0.3) is 199 Å². The van der Waals surface area contributed by atoms with Crippen molar-refractivity contribution in [2.75, 3.05) is 9.80 Å². The highest BCUT2D eigenvalue weighted by atomic mass is 16.3. The minimum absolute atomic E-state index is 0.282. The Kier molecular flexibility index (Phi) is 16.7. The van der Waals surface area contributed by atoms with Gasteiger partial charge in [0.2, 0.25) is 0 Å². The predicted octanol–water partition coefficient (Wildman–Crippen LogP) is 34.6. The van der Waals surface area contributed by atoms with Gasteiger partial charge in [-0.15, -0.1) is 0 Å². The molecule has 0 saturated heterocycles. The van der Waals surface area contributed by atoms with Crippen molar-refractivity contribution < 1.29 is 13.3 Å². The van der Waals surface area contributed by atoms with Crippen molar-refractivity contribution in [2.24, 2.45) is 0 Å². The largest absolute Gasteiger partial charge is 0.455 e. The summed E-state index contributed by atoms with van der Waals surface area (Å²) < 4.78 is 20.4. The van der Waals surface area contributed by atoms with Crippen molar-refractivity contribution in [3.8, 4) is 111 Å². The normalized spacial score (nSPS) is 13.0. The second-order valence-electron chi connectivity index (χ2n) is 35.3. The Morgan fingerprint density at radius 1 is 0.173 bits per heavy atom. The maximum Gasteiger partial charge on any atom is 0.143 e. The molecule has 25 rings (SSSR count). The van der Waals surface area contributed by atoms with Gasteiger partial charge >= 0.3 is 0 Å². The lowest BCUT2D eigenvalue weighted by molar-refractivity contribution is 0.660. The van der Waals surface area contributed by atoms with Gasteiger partial charge in [-0.3, -0.25) is 0 Å².